The van der Waals surface area contributed by atoms with Gasteiger partial charge in [-0.05, 0) is 51.3 Å². The van der Waals surface area contributed by atoms with E-state index in [9.17, 15) is 0 Å². The van der Waals surface area contributed by atoms with Gasteiger partial charge in [-0.2, -0.15) is 0 Å². The summed E-state index contributed by atoms with van der Waals surface area (Å²) in [5.41, 5.74) is 1.39. The zero-order valence-electron chi connectivity index (χ0n) is 8.42. The van der Waals surface area contributed by atoms with Crippen molar-refractivity contribution in [3.8, 4) is 0 Å². The van der Waals surface area contributed by atoms with Crippen LogP contribution >= 0.6 is 38.6 Å². The minimum Gasteiger partial charge on any atom is -0.307 e. The number of thiophene rings is 2. The second-order valence-corrected chi connectivity index (χ2v) is 6.18. The highest BCUT2D eigenvalue weighted by atomic mass is 79.9. The standard InChI is InChI=1S/C11H12BrNS2/c1-8-2-4-14-10(8)6-13-7-11-9(12)3-5-15-11/h2-5,13H,6-7H2,1H3. The summed E-state index contributed by atoms with van der Waals surface area (Å²) in [6, 6.07) is 4.26. The van der Waals surface area contributed by atoms with Gasteiger partial charge < -0.3 is 5.32 Å². The normalized spacial score (nSPS) is 10.8. The van der Waals surface area contributed by atoms with E-state index in [1.165, 1.54) is 19.8 Å². The maximum atomic E-state index is 3.53. The van der Waals surface area contributed by atoms with Crippen LogP contribution in [0.25, 0.3) is 0 Å². The van der Waals surface area contributed by atoms with E-state index in [4.69, 9.17) is 0 Å². The Hall–Kier alpha value is -0.160. The van der Waals surface area contributed by atoms with Crippen LogP contribution in [0.5, 0.6) is 0 Å². The molecule has 15 heavy (non-hydrogen) atoms. The van der Waals surface area contributed by atoms with Gasteiger partial charge in [0.2, 0.25) is 0 Å². The molecular formula is C11H12BrNS2. The van der Waals surface area contributed by atoms with Crippen LogP contribution in [0.4, 0.5) is 0 Å². The van der Waals surface area contributed by atoms with Crippen molar-refractivity contribution in [1.82, 2.24) is 5.32 Å². The number of aryl methyl sites for hydroxylation is 1. The van der Waals surface area contributed by atoms with Gasteiger partial charge in [0.25, 0.3) is 0 Å². The lowest BCUT2D eigenvalue weighted by molar-refractivity contribution is 0.705. The van der Waals surface area contributed by atoms with E-state index in [-0.39, 0.29) is 0 Å². The highest BCUT2D eigenvalue weighted by molar-refractivity contribution is 9.10. The van der Waals surface area contributed by atoms with Crippen molar-refractivity contribution < 1.29 is 0 Å². The Morgan fingerprint density at radius 2 is 1.80 bits per heavy atom. The molecule has 0 saturated carbocycles. The van der Waals surface area contributed by atoms with Crippen molar-refractivity contribution in [2.24, 2.45) is 0 Å². The monoisotopic (exact) mass is 301 g/mol. The molecule has 2 aromatic rings. The Morgan fingerprint density at radius 3 is 2.40 bits per heavy atom. The van der Waals surface area contributed by atoms with Crippen molar-refractivity contribution in [1.29, 1.82) is 0 Å². The summed E-state index contributed by atoms with van der Waals surface area (Å²) in [4.78, 5) is 2.80. The molecule has 4 heteroatoms. The molecule has 0 fully saturated rings. The van der Waals surface area contributed by atoms with Crippen molar-refractivity contribution >= 4 is 38.6 Å². The quantitative estimate of drug-likeness (QED) is 0.894. The molecule has 1 N–H and O–H groups in total. The van der Waals surface area contributed by atoms with Gasteiger partial charge in [-0.3, -0.25) is 0 Å². The van der Waals surface area contributed by atoms with Crippen molar-refractivity contribution in [3.05, 3.63) is 42.7 Å². The molecule has 0 atom stereocenters. The van der Waals surface area contributed by atoms with E-state index in [2.05, 4.69) is 51.1 Å². The smallest absolute Gasteiger partial charge is 0.0327 e. The SMILES string of the molecule is Cc1ccsc1CNCc1sccc1Br. The number of rotatable bonds is 4. The lowest BCUT2D eigenvalue weighted by atomic mass is 10.3. The molecule has 0 spiro atoms. The van der Waals surface area contributed by atoms with Crippen LogP contribution < -0.4 is 5.32 Å². The van der Waals surface area contributed by atoms with Crippen LogP contribution in [0.15, 0.2) is 27.4 Å². The number of nitrogens with one attached hydrogen (secondary N) is 1. The molecule has 0 aliphatic heterocycles. The molecule has 2 aromatic heterocycles. The summed E-state index contributed by atoms with van der Waals surface area (Å²) in [6.45, 7) is 4.07. The first kappa shape index (κ1) is 11.3. The fourth-order valence-corrected chi connectivity index (χ4v) is 3.66. The van der Waals surface area contributed by atoms with Gasteiger partial charge in [-0.1, -0.05) is 0 Å². The van der Waals surface area contributed by atoms with Crippen LogP contribution in [0.2, 0.25) is 0 Å². The molecule has 0 saturated heterocycles. The largest absolute Gasteiger partial charge is 0.307 e. The van der Waals surface area contributed by atoms with Gasteiger partial charge in [0, 0.05) is 27.3 Å². The summed E-state index contributed by atoms with van der Waals surface area (Å²) in [7, 11) is 0. The lowest BCUT2D eigenvalue weighted by Crippen LogP contribution is -2.11. The molecular weight excluding hydrogens is 290 g/mol. The summed E-state index contributed by atoms with van der Waals surface area (Å²) >= 11 is 7.14. The predicted octanol–water partition coefficient (Wildman–Crippen LogP) is 4.17. The zero-order valence-corrected chi connectivity index (χ0v) is 11.6. The first-order valence-corrected chi connectivity index (χ1v) is 7.28. The first-order valence-electron chi connectivity index (χ1n) is 4.73. The Labute approximate surface area is 106 Å². The van der Waals surface area contributed by atoms with Gasteiger partial charge in [-0.15, -0.1) is 22.7 Å². The average Bonchev–Trinajstić information content (AvgIpc) is 2.78. The van der Waals surface area contributed by atoms with Crippen LogP contribution in [-0.4, -0.2) is 0 Å². The second kappa shape index (κ2) is 5.25. The van der Waals surface area contributed by atoms with Crippen molar-refractivity contribution in [2.75, 3.05) is 0 Å². The van der Waals surface area contributed by atoms with Gasteiger partial charge in [0.1, 0.15) is 0 Å². The Bertz CT molecular complexity index is 393. The minimum absolute atomic E-state index is 0.940. The Morgan fingerprint density at radius 1 is 1.13 bits per heavy atom. The average molecular weight is 302 g/mol. The van der Waals surface area contributed by atoms with E-state index >= 15 is 0 Å². The van der Waals surface area contributed by atoms with Crippen molar-refractivity contribution in [2.45, 2.75) is 20.0 Å². The van der Waals surface area contributed by atoms with Crippen LogP contribution in [0, 0.1) is 6.92 Å². The van der Waals surface area contributed by atoms with Gasteiger partial charge in [-0.25, -0.2) is 0 Å². The molecule has 0 unspecified atom stereocenters. The van der Waals surface area contributed by atoms with Gasteiger partial charge in [0.15, 0.2) is 0 Å². The molecule has 0 amide bonds. The maximum Gasteiger partial charge on any atom is 0.0327 e. The topological polar surface area (TPSA) is 12.0 Å². The van der Waals surface area contributed by atoms with Gasteiger partial charge >= 0.3 is 0 Å². The Balaban J connectivity index is 1.86. The molecule has 80 valence electrons. The predicted molar refractivity (Wildman–Crippen MR) is 71.6 cm³/mol. The molecule has 2 heterocycles. The molecule has 1 nitrogen and oxygen atoms in total. The molecule has 0 radical (unpaired) electrons. The summed E-state index contributed by atoms with van der Waals surface area (Å²) in [5.74, 6) is 0. The summed E-state index contributed by atoms with van der Waals surface area (Å²) < 4.78 is 1.21. The molecule has 2 rings (SSSR count). The third kappa shape index (κ3) is 2.91. The number of halogens is 1. The lowest BCUT2D eigenvalue weighted by Gasteiger charge is -2.02. The highest BCUT2D eigenvalue weighted by Gasteiger charge is 2.02. The molecule has 0 aliphatic carbocycles. The van der Waals surface area contributed by atoms with E-state index < -0.39 is 0 Å². The molecule has 0 aromatic carbocycles. The van der Waals surface area contributed by atoms with Crippen LogP contribution in [0.3, 0.4) is 0 Å². The second-order valence-electron chi connectivity index (χ2n) is 3.32. The summed E-state index contributed by atoms with van der Waals surface area (Å²) in [6.07, 6.45) is 0. The first-order chi connectivity index (χ1) is 7.27. The maximum absolute atomic E-state index is 3.53. The minimum atomic E-state index is 0.940. The van der Waals surface area contributed by atoms with E-state index in [1.54, 1.807) is 11.3 Å². The molecule has 0 aliphatic rings. The number of hydrogen-bond donors (Lipinski definition) is 1. The third-order valence-corrected chi connectivity index (χ3v) is 5.18. The van der Waals surface area contributed by atoms with E-state index in [1.807, 2.05) is 11.3 Å². The van der Waals surface area contributed by atoms with Crippen molar-refractivity contribution in [3.63, 3.8) is 0 Å². The third-order valence-electron chi connectivity index (χ3n) is 2.23. The van der Waals surface area contributed by atoms with Gasteiger partial charge in [0.05, 0.1) is 0 Å². The summed E-state index contributed by atoms with van der Waals surface area (Å²) in [5, 5.41) is 7.72. The van der Waals surface area contributed by atoms with Crippen LogP contribution in [0.1, 0.15) is 15.3 Å². The van der Waals surface area contributed by atoms with Crippen LogP contribution in [-0.2, 0) is 13.1 Å². The fourth-order valence-electron chi connectivity index (χ4n) is 1.33. The molecule has 0 bridgehead atoms. The van der Waals surface area contributed by atoms with E-state index in [0.717, 1.165) is 13.1 Å². The number of hydrogen-bond acceptors (Lipinski definition) is 3. The highest BCUT2D eigenvalue weighted by Crippen LogP contribution is 2.22. The fraction of sp³-hybridized carbons (Fsp3) is 0.273. The zero-order chi connectivity index (χ0) is 10.7. The van der Waals surface area contributed by atoms with E-state index in [0.29, 0.717) is 0 Å². The Kier molecular flexibility index (Phi) is 3.97.